The molecule has 1 saturated carbocycles. The molecular weight excluding hydrogens is 226 g/mol. The Labute approximate surface area is 106 Å². The molecule has 0 saturated heterocycles. The zero-order valence-corrected chi connectivity index (χ0v) is 10.3. The summed E-state index contributed by atoms with van der Waals surface area (Å²) in [5.74, 6) is 0.867. The van der Waals surface area contributed by atoms with Gasteiger partial charge in [-0.3, -0.25) is 4.98 Å². The minimum atomic E-state index is 0.410. The Morgan fingerprint density at radius 3 is 2.83 bits per heavy atom. The lowest BCUT2D eigenvalue weighted by Gasteiger charge is -2.15. The Bertz CT molecular complexity index is 550. The molecule has 1 aliphatic carbocycles. The summed E-state index contributed by atoms with van der Waals surface area (Å²) in [6, 6.07) is 3.90. The zero-order valence-electron chi connectivity index (χ0n) is 10.3. The molecule has 5 heteroatoms. The Balaban J connectivity index is 1.71. The summed E-state index contributed by atoms with van der Waals surface area (Å²) in [4.78, 5) is 12.9. The Morgan fingerprint density at radius 1 is 1.22 bits per heavy atom. The summed E-state index contributed by atoms with van der Waals surface area (Å²) in [5, 5.41) is 3.39. The second-order valence-electron chi connectivity index (χ2n) is 4.99. The van der Waals surface area contributed by atoms with Gasteiger partial charge in [-0.1, -0.05) is 0 Å². The van der Waals surface area contributed by atoms with Gasteiger partial charge in [-0.25, -0.2) is 9.97 Å². The van der Waals surface area contributed by atoms with Crippen molar-refractivity contribution in [2.75, 3.05) is 18.4 Å². The molecule has 0 radical (unpaired) electrons. The van der Waals surface area contributed by atoms with Gasteiger partial charge in [0.05, 0.1) is 0 Å². The fourth-order valence-corrected chi connectivity index (χ4v) is 2.23. The number of anilines is 1. The molecule has 0 unspecified atom stereocenters. The molecule has 3 rings (SSSR count). The zero-order chi connectivity index (χ0) is 12.4. The predicted octanol–water partition coefficient (Wildman–Crippen LogP) is 1.57. The second kappa shape index (κ2) is 4.49. The third-order valence-electron chi connectivity index (χ3n) is 3.61. The summed E-state index contributed by atoms with van der Waals surface area (Å²) < 4.78 is 0. The van der Waals surface area contributed by atoms with Crippen LogP contribution in [0, 0.1) is 5.41 Å². The summed E-state index contributed by atoms with van der Waals surface area (Å²) in [6.45, 7) is 1.71. The molecule has 1 aliphatic rings. The van der Waals surface area contributed by atoms with Crippen molar-refractivity contribution in [1.29, 1.82) is 0 Å². The van der Waals surface area contributed by atoms with Crippen LogP contribution < -0.4 is 11.1 Å². The normalized spacial score (nSPS) is 16.7. The molecule has 0 amide bonds. The SMILES string of the molecule is NCCC1(CNc2ccc3nccnc3n2)CC1. The van der Waals surface area contributed by atoms with Gasteiger partial charge in [0.1, 0.15) is 11.3 Å². The third-order valence-corrected chi connectivity index (χ3v) is 3.61. The fourth-order valence-electron chi connectivity index (χ4n) is 2.23. The number of hydrogen-bond donors (Lipinski definition) is 2. The van der Waals surface area contributed by atoms with E-state index >= 15 is 0 Å². The number of pyridine rings is 1. The molecule has 1 fully saturated rings. The predicted molar refractivity (Wildman–Crippen MR) is 71.2 cm³/mol. The largest absolute Gasteiger partial charge is 0.369 e. The summed E-state index contributed by atoms with van der Waals surface area (Å²) in [5.41, 5.74) is 7.56. The van der Waals surface area contributed by atoms with Crippen LogP contribution >= 0.6 is 0 Å². The van der Waals surface area contributed by atoms with E-state index in [2.05, 4.69) is 20.3 Å². The Kier molecular flexibility index (Phi) is 2.83. The van der Waals surface area contributed by atoms with E-state index in [9.17, 15) is 0 Å². The van der Waals surface area contributed by atoms with Crippen molar-refractivity contribution in [2.24, 2.45) is 11.1 Å². The molecule has 0 bridgehead atoms. The second-order valence-corrected chi connectivity index (χ2v) is 4.99. The number of hydrogen-bond acceptors (Lipinski definition) is 5. The highest BCUT2D eigenvalue weighted by molar-refractivity contribution is 5.71. The third kappa shape index (κ3) is 2.26. The molecule has 94 valence electrons. The molecule has 3 N–H and O–H groups in total. The number of rotatable bonds is 5. The van der Waals surface area contributed by atoms with Crippen LogP contribution in [0.5, 0.6) is 0 Å². The summed E-state index contributed by atoms with van der Waals surface area (Å²) in [6.07, 6.45) is 6.97. The van der Waals surface area contributed by atoms with Gasteiger partial charge in [0, 0.05) is 18.9 Å². The lowest BCUT2D eigenvalue weighted by molar-refractivity contribution is 0.500. The van der Waals surface area contributed by atoms with Crippen LogP contribution in [0.25, 0.3) is 11.2 Å². The van der Waals surface area contributed by atoms with Crippen molar-refractivity contribution in [3.8, 4) is 0 Å². The number of nitrogens with two attached hydrogens (primary N) is 1. The first kappa shape index (κ1) is 11.3. The minimum Gasteiger partial charge on any atom is -0.369 e. The van der Waals surface area contributed by atoms with E-state index in [4.69, 9.17) is 5.73 Å². The first-order valence-electron chi connectivity index (χ1n) is 6.33. The van der Waals surface area contributed by atoms with Crippen molar-refractivity contribution in [1.82, 2.24) is 15.0 Å². The maximum atomic E-state index is 5.64. The van der Waals surface area contributed by atoms with Crippen molar-refractivity contribution < 1.29 is 0 Å². The minimum absolute atomic E-state index is 0.410. The van der Waals surface area contributed by atoms with Crippen LogP contribution in [0.2, 0.25) is 0 Å². The van der Waals surface area contributed by atoms with Gasteiger partial charge >= 0.3 is 0 Å². The van der Waals surface area contributed by atoms with E-state index in [-0.39, 0.29) is 0 Å². The number of aromatic nitrogens is 3. The van der Waals surface area contributed by atoms with Gasteiger partial charge in [-0.05, 0) is 43.4 Å². The monoisotopic (exact) mass is 243 g/mol. The van der Waals surface area contributed by atoms with Crippen LogP contribution in [-0.2, 0) is 0 Å². The van der Waals surface area contributed by atoms with Crippen LogP contribution in [0.1, 0.15) is 19.3 Å². The molecular formula is C13H17N5. The number of nitrogens with zero attached hydrogens (tertiary/aromatic N) is 3. The Hall–Kier alpha value is -1.75. The average Bonchev–Trinajstić information content (AvgIpc) is 3.17. The first-order chi connectivity index (χ1) is 8.81. The van der Waals surface area contributed by atoms with Crippen molar-refractivity contribution in [3.05, 3.63) is 24.5 Å². The van der Waals surface area contributed by atoms with Crippen LogP contribution in [0.3, 0.4) is 0 Å². The molecule has 0 aliphatic heterocycles. The average molecular weight is 243 g/mol. The molecule has 0 aromatic carbocycles. The molecule has 0 atom stereocenters. The Morgan fingerprint density at radius 2 is 2.06 bits per heavy atom. The lowest BCUT2D eigenvalue weighted by atomic mass is 10.0. The fraction of sp³-hybridized carbons (Fsp3) is 0.462. The van der Waals surface area contributed by atoms with E-state index < -0.39 is 0 Å². The molecule has 5 nitrogen and oxygen atoms in total. The maximum Gasteiger partial charge on any atom is 0.180 e. The topological polar surface area (TPSA) is 76.7 Å². The van der Waals surface area contributed by atoms with Crippen molar-refractivity contribution in [2.45, 2.75) is 19.3 Å². The lowest BCUT2D eigenvalue weighted by Crippen LogP contribution is -2.19. The molecule has 2 aromatic heterocycles. The van der Waals surface area contributed by atoms with Gasteiger partial charge < -0.3 is 11.1 Å². The summed E-state index contributed by atoms with van der Waals surface area (Å²) >= 11 is 0. The number of nitrogens with one attached hydrogen (secondary N) is 1. The van der Waals surface area contributed by atoms with Gasteiger partial charge in [0.2, 0.25) is 0 Å². The van der Waals surface area contributed by atoms with E-state index in [0.29, 0.717) is 11.1 Å². The van der Waals surface area contributed by atoms with Gasteiger partial charge in [0.15, 0.2) is 5.65 Å². The van der Waals surface area contributed by atoms with Gasteiger partial charge in [0.25, 0.3) is 0 Å². The van der Waals surface area contributed by atoms with Gasteiger partial charge in [-0.2, -0.15) is 0 Å². The van der Waals surface area contributed by atoms with E-state index in [1.807, 2.05) is 12.1 Å². The van der Waals surface area contributed by atoms with Crippen LogP contribution in [-0.4, -0.2) is 28.0 Å². The van der Waals surface area contributed by atoms with E-state index in [1.165, 1.54) is 12.8 Å². The highest BCUT2D eigenvalue weighted by atomic mass is 15.0. The molecule has 18 heavy (non-hydrogen) atoms. The molecule has 0 spiro atoms. The molecule has 2 heterocycles. The van der Waals surface area contributed by atoms with Crippen molar-refractivity contribution >= 4 is 17.0 Å². The molecule has 2 aromatic rings. The maximum absolute atomic E-state index is 5.64. The standard InChI is InChI=1S/C13H17N5/c14-6-5-13(3-4-13)9-17-11-2-1-10-12(18-11)16-8-7-15-10/h1-2,7-8H,3-6,9,14H2,(H,16,17,18). The highest BCUT2D eigenvalue weighted by Crippen LogP contribution is 2.48. The smallest absolute Gasteiger partial charge is 0.180 e. The van der Waals surface area contributed by atoms with Crippen molar-refractivity contribution in [3.63, 3.8) is 0 Å². The van der Waals surface area contributed by atoms with E-state index in [1.54, 1.807) is 12.4 Å². The summed E-state index contributed by atoms with van der Waals surface area (Å²) in [7, 11) is 0. The quantitative estimate of drug-likeness (QED) is 0.833. The highest BCUT2D eigenvalue weighted by Gasteiger charge is 2.41. The van der Waals surface area contributed by atoms with Crippen LogP contribution in [0.15, 0.2) is 24.5 Å². The van der Waals surface area contributed by atoms with E-state index in [0.717, 1.165) is 30.8 Å². The van der Waals surface area contributed by atoms with Gasteiger partial charge in [-0.15, -0.1) is 0 Å². The first-order valence-corrected chi connectivity index (χ1v) is 6.33. The van der Waals surface area contributed by atoms with Crippen LogP contribution in [0.4, 0.5) is 5.82 Å². The number of fused-ring (bicyclic) bond motifs is 1.